The Bertz CT molecular complexity index is 1250. The van der Waals surface area contributed by atoms with Gasteiger partial charge in [-0.3, -0.25) is 33.6 Å². The van der Waals surface area contributed by atoms with Crippen molar-refractivity contribution in [1.29, 1.82) is 0 Å². The van der Waals surface area contributed by atoms with Crippen LogP contribution in [-0.2, 0) is 38.4 Å². The molecule has 0 aromatic rings. The molecule has 2 aliphatic heterocycles. The second kappa shape index (κ2) is 19.0. The third-order valence-corrected chi connectivity index (χ3v) is 8.35. The minimum absolute atomic E-state index is 0.0655. The van der Waals surface area contributed by atoms with Gasteiger partial charge in [0.05, 0.1) is 19.3 Å². The first-order chi connectivity index (χ1) is 23.0. The number of aliphatic hydroxyl groups excluding tert-OH is 2. The molecule has 0 radical (unpaired) electrons. The number of nitrogens with two attached hydrogens (primary N) is 1. The average molecular weight is 700 g/mol. The number of carboxylic acids is 2. The summed E-state index contributed by atoms with van der Waals surface area (Å²) < 4.78 is 0. The maximum Gasteiger partial charge on any atom is 0.326 e. The Kier molecular flexibility index (Phi) is 15.8. The van der Waals surface area contributed by atoms with Crippen LogP contribution in [0.25, 0.3) is 0 Å². The summed E-state index contributed by atoms with van der Waals surface area (Å²) in [5.41, 5.74) is 5.76. The van der Waals surface area contributed by atoms with E-state index in [1.165, 1.54) is 6.92 Å². The van der Waals surface area contributed by atoms with Crippen LogP contribution >= 0.6 is 0 Å². The van der Waals surface area contributed by atoms with E-state index in [1.807, 2.05) is 0 Å². The van der Waals surface area contributed by atoms with E-state index in [1.54, 1.807) is 13.8 Å². The maximum absolute atomic E-state index is 13.5. The molecule has 276 valence electrons. The number of rotatable bonds is 18. The summed E-state index contributed by atoms with van der Waals surface area (Å²) in [6.07, 6.45) is 0.858. The molecular formula is C30H49N7O12. The van der Waals surface area contributed by atoms with Gasteiger partial charge in [0.2, 0.25) is 35.4 Å². The van der Waals surface area contributed by atoms with Crippen LogP contribution in [-0.4, -0.2) is 146 Å². The van der Waals surface area contributed by atoms with Crippen molar-refractivity contribution in [3.05, 3.63) is 0 Å². The molecule has 19 nitrogen and oxygen atoms in total. The Morgan fingerprint density at radius 1 is 0.714 bits per heavy atom. The molecule has 2 aliphatic rings. The van der Waals surface area contributed by atoms with Gasteiger partial charge in [-0.15, -0.1) is 0 Å². The van der Waals surface area contributed by atoms with Crippen LogP contribution < -0.4 is 27.0 Å². The lowest BCUT2D eigenvalue weighted by Crippen LogP contribution is -2.60. The second-order valence-electron chi connectivity index (χ2n) is 12.7. The van der Waals surface area contributed by atoms with E-state index in [4.69, 9.17) is 10.8 Å². The Morgan fingerprint density at radius 2 is 1.24 bits per heavy atom. The van der Waals surface area contributed by atoms with Gasteiger partial charge < -0.3 is 57.2 Å². The molecule has 7 atom stereocenters. The Balaban J connectivity index is 2.06. The third-order valence-electron chi connectivity index (χ3n) is 8.35. The molecule has 2 fully saturated rings. The first-order valence-electron chi connectivity index (χ1n) is 16.3. The zero-order chi connectivity index (χ0) is 37.0. The van der Waals surface area contributed by atoms with Crippen LogP contribution in [0.15, 0.2) is 0 Å². The van der Waals surface area contributed by atoms with Crippen LogP contribution in [0.1, 0.15) is 65.7 Å². The zero-order valence-corrected chi connectivity index (χ0v) is 27.9. The fourth-order valence-electron chi connectivity index (χ4n) is 5.73. The minimum Gasteiger partial charge on any atom is -0.481 e. The molecule has 2 heterocycles. The fraction of sp³-hybridized carbons (Fsp3) is 0.733. The fourth-order valence-corrected chi connectivity index (χ4v) is 5.73. The predicted octanol–water partition coefficient (Wildman–Crippen LogP) is -3.77. The molecule has 0 aromatic heterocycles. The van der Waals surface area contributed by atoms with Crippen molar-refractivity contribution in [2.24, 2.45) is 11.7 Å². The lowest BCUT2D eigenvalue weighted by Gasteiger charge is -2.30. The number of carbonyl (C=O) groups is 8. The summed E-state index contributed by atoms with van der Waals surface area (Å²) in [7, 11) is 0. The molecule has 49 heavy (non-hydrogen) atoms. The van der Waals surface area contributed by atoms with E-state index < -0.39 is 103 Å². The molecule has 0 spiro atoms. The summed E-state index contributed by atoms with van der Waals surface area (Å²) in [5, 5.41) is 47.7. The zero-order valence-electron chi connectivity index (χ0n) is 27.9. The Labute approximate surface area is 283 Å². The molecule has 0 bridgehead atoms. The number of hydrogen-bond donors (Lipinski definition) is 9. The van der Waals surface area contributed by atoms with Crippen LogP contribution in [0.4, 0.5) is 0 Å². The number of nitrogens with one attached hydrogen (secondary N) is 4. The van der Waals surface area contributed by atoms with E-state index >= 15 is 0 Å². The lowest BCUT2D eigenvalue weighted by atomic mass is 10.0. The number of aliphatic carboxylic acids is 2. The third kappa shape index (κ3) is 11.6. The highest BCUT2D eigenvalue weighted by Gasteiger charge is 2.40. The monoisotopic (exact) mass is 699 g/mol. The van der Waals surface area contributed by atoms with Crippen molar-refractivity contribution in [2.75, 3.05) is 26.3 Å². The van der Waals surface area contributed by atoms with E-state index in [2.05, 4.69) is 21.3 Å². The van der Waals surface area contributed by atoms with Gasteiger partial charge in [-0.25, -0.2) is 4.79 Å². The topological polar surface area (TPSA) is 298 Å². The summed E-state index contributed by atoms with van der Waals surface area (Å²) in [5.74, 6) is -7.19. The number of carbonyl (C=O) groups excluding carboxylic acids is 6. The van der Waals surface area contributed by atoms with Crippen molar-refractivity contribution in [2.45, 2.75) is 108 Å². The van der Waals surface area contributed by atoms with Crippen molar-refractivity contribution in [3.8, 4) is 0 Å². The van der Waals surface area contributed by atoms with E-state index in [0.29, 0.717) is 12.8 Å². The van der Waals surface area contributed by atoms with Gasteiger partial charge in [-0.1, -0.05) is 13.8 Å². The molecule has 2 rings (SSSR count). The Hall–Kier alpha value is -4.36. The normalized spacial score (nSPS) is 20.5. The van der Waals surface area contributed by atoms with Gasteiger partial charge in [0.25, 0.3) is 0 Å². The highest BCUT2D eigenvalue weighted by Crippen LogP contribution is 2.20. The van der Waals surface area contributed by atoms with Crippen molar-refractivity contribution >= 4 is 47.4 Å². The van der Waals surface area contributed by atoms with E-state index in [0.717, 1.165) is 9.80 Å². The highest BCUT2D eigenvalue weighted by atomic mass is 16.4. The van der Waals surface area contributed by atoms with Gasteiger partial charge in [-0.2, -0.15) is 0 Å². The lowest BCUT2D eigenvalue weighted by molar-refractivity contribution is -0.149. The number of nitrogens with zero attached hydrogens (tertiary/aromatic N) is 2. The average Bonchev–Trinajstić information content (AvgIpc) is 3.74. The summed E-state index contributed by atoms with van der Waals surface area (Å²) in [6.45, 7) is 3.45. The standard InChI is InChI=1S/C30H49N7O12/c1-15(2)12-18(33-24(42)17(31)8-9-23(40)41)25(43)35-20(14-39)29(47)36-10-4-6-21(36)27(45)34-19(13-38)26(44)32-16(3)28(46)37-11-5-7-22(37)30(48)49/h15-22,38-39H,4-14,31H2,1-3H3,(H,32,44)(H,33,42)(H,34,45)(H,35,43)(H,40,41)(H,48,49)/t16-,17-,18-,19-,20-,21-,22-/m0/s1. The number of amides is 6. The molecular weight excluding hydrogens is 650 g/mol. The van der Waals surface area contributed by atoms with Crippen LogP contribution in [0.3, 0.4) is 0 Å². The van der Waals surface area contributed by atoms with E-state index in [9.17, 15) is 53.7 Å². The first-order valence-corrected chi connectivity index (χ1v) is 16.3. The summed E-state index contributed by atoms with van der Waals surface area (Å²) >= 11 is 0. The van der Waals surface area contributed by atoms with Crippen molar-refractivity contribution in [3.63, 3.8) is 0 Å². The molecule has 0 aromatic carbocycles. The van der Waals surface area contributed by atoms with Gasteiger partial charge in [0.15, 0.2) is 0 Å². The smallest absolute Gasteiger partial charge is 0.326 e. The van der Waals surface area contributed by atoms with Gasteiger partial charge >= 0.3 is 11.9 Å². The van der Waals surface area contributed by atoms with E-state index in [-0.39, 0.29) is 51.1 Å². The van der Waals surface area contributed by atoms with Crippen molar-refractivity contribution in [1.82, 2.24) is 31.1 Å². The highest BCUT2D eigenvalue weighted by molar-refractivity contribution is 5.97. The Morgan fingerprint density at radius 3 is 1.78 bits per heavy atom. The number of likely N-dealkylation sites (tertiary alicyclic amines) is 2. The molecule has 19 heteroatoms. The van der Waals surface area contributed by atoms with Crippen LogP contribution in [0, 0.1) is 5.92 Å². The quantitative estimate of drug-likeness (QED) is 0.0665. The first kappa shape index (κ1) is 40.8. The number of hydrogen-bond acceptors (Lipinski definition) is 11. The van der Waals surface area contributed by atoms with Gasteiger partial charge in [0.1, 0.15) is 36.3 Å². The number of carboxylic acid groups (broad SMARTS) is 2. The van der Waals surface area contributed by atoms with Crippen LogP contribution in [0.2, 0.25) is 0 Å². The maximum atomic E-state index is 13.5. The largest absolute Gasteiger partial charge is 0.481 e. The SMILES string of the molecule is CC(C)C[C@H](NC(=O)[C@@H](N)CCC(=O)O)C(=O)N[C@@H](CO)C(=O)N1CCC[C@H]1C(=O)N[C@@H](CO)C(=O)N[C@@H](C)C(=O)N1CCC[C@H]1C(=O)O. The molecule has 2 saturated heterocycles. The summed E-state index contributed by atoms with van der Waals surface area (Å²) in [6, 6.07) is -8.75. The van der Waals surface area contributed by atoms with Gasteiger partial charge in [0, 0.05) is 19.5 Å². The van der Waals surface area contributed by atoms with Gasteiger partial charge in [-0.05, 0) is 51.4 Å². The van der Waals surface area contributed by atoms with Crippen molar-refractivity contribution < 1.29 is 58.8 Å². The minimum atomic E-state index is -1.52. The molecule has 6 amide bonds. The molecule has 0 aliphatic carbocycles. The predicted molar refractivity (Wildman–Crippen MR) is 169 cm³/mol. The number of aliphatic hydroxyl groups is 2. The molecule has 10 N–H and O–H groups in total. The molecule has 0 saturated carbocycles. The molecule has 0 unspecified atom stereocenters. The van der Waals surface area contributed by atoms with Crippen LogP contribution in [0.5, 0.6) is 0 Å². The second-order valence-corrected chi connectivity index (χ2v) is 12.7. The summed E-state index contributed by atoms with van der Waals surface area (Å²) in [4.78, 5) is 103.